The molecule has 0 spiro atoms. The van der Waals surface area contributed by atoms with Crippen LogP contribution in [0.4, 0.5) is 0 Å². The second-order valence-electron chi connectivity index (χ2n) is 4.97. The van der Waals surface area contributed by atoms with Gasteiger partial charge in [-0.2, -0.15) is 0 Å². The van der Waals surface area contributed by atoms with Crippen LogP contribution in [-0.4, -0.2) is 55.9 Å². The van der Waals surface area contributed by atoms with Crippen LogP contribution in [0.25, 0.3) is 11.0 Å². The monoisotopic (exact) mass is 266 g/mol. The maximum absolute atomic E-state index is 11.6. The molecule has 7 nitrogen and oxygen atoms in total. The lowest BCUT2D eigenvalue weighted by Crippen LogP contribution is -2.21. The van der Waals surface area contributed by atoms with E-state index in [1.807, 2.05) is 0 Å². The number of nitrogens with one attached hydrogen (secondary N) is 2. The maximum Gasteiger partial charge on any atom is 0.275 e. The SMILES string of the molecule is O=c1[nH]cnc2c([14CH2]N3C[C@H](CO)[C@@H](O)C3)c[nH]c12. The molecule has 0 radical (unpaired) electrons. The molecule has 0 saturated carbocycles. The summed E-state index contributed by atoms with van der Waals surface area (Å²) in [5, 5.41) is 18.9. The first kappa shape index (κ1) is 12.3. The Balaban J connectivity index is 1.83. The van der Waals surface area contributed by atoms with Crippen molar-refractivity contribution in [2.45, 2.75) is 12.6 Å². The second kappa shape index (κ2) is 4.76. The molecule has 2 atom stereocenters. The normalized spacial score (nSPS) is 24.3. The van der Waals surface area contributed by atoms with E-state index in [0.29, 0.717) is 30.7 Å². The van der Waals surface area contributed by atoms with Crippen molar-refractivity contribution < 1.29 is 10.2 Å². The van der Waals surface area contributed by atoms with E-state index in [0.717, 1.165) is 5.56 Å². The highest BCUT2D eigenvalue weighted by atomic mass is 16.3. The molecule has 0 aliphatic carbocycles. The molecule has 1 aliphatic rings. The third-order valence-corrected chi connectivity index (χ3v) is 3.66. The Morgan fingerprint density at radius 1 is 1.47 bits per heavy atom. The minimum atomic E-state index is -0.494. The van der Waals surface area contributed by atoms with Crippen molar-refractivity contribution in [1.29, 1.82) is 0 Å². The number of rotatable bonds is 3. The average molecular weight is 266 g/mol. The quantitative estimate of drug-likeness (QED) is 0.572. The Morgan fingerprint density at radius 3 is 3.05 bits per heavy atom. The number of hydrogen-bond donors (Lipinski definition) is 4. The fourth-order valence-electron chi connectivity index (χ4n) is 2.62. The molecule has 2 aromatic heterocycles. The Morgan fingerprint density at radius 2 is 2.32 bits per heavy atom. The van der Waals surface area contributed by atoms with Crippen LogP contribution in [0.1, 0.15) is 5.56 Å². The predicted octanol–water partition coefficient (Wildman–Crippen LogP) is -0.964. The molecule has 3 rings (SSSR count). The number of aromatic amines is 2. The van der Waals surface area contributed by atoms with Gasteiger partial charge in [-0.1, -0.05) is 0 Å². The fourth-order valence-corrected chi connectivity index (χ4v) is 2.62. The zero-order chi connectivity index (χ0) is 13.4. The van der Waals surface area contributed by atoms with Crippen LogP contribution in [0.3, 0.4) is 0 Å². The van der Waals surface area contributed by atoms with Crippen LogP contribution in [-0.2, 0) is 6.54 Å². The van der Waals surface area contributed by atoms with Crippen LogP contribution in [0.15, 0.2) is 17.3 Å². The third-order valence-electron chi connectivity index (χ3n) is 3.66. The van der Waals surface area contributed by atoms with Gasteiger partial charge in [0, 0.05) is 43.9 Å². The average Bonchev–Trinajstić information content (AvgIpc) is 2.95. The Bertz CT molecular complexity index is 635. The van der Waals surface area contributed by atoms with Crippen LogP contribution < -0.4 is 5.56 Å². The number of aliphatic hydroxyl groups excluding tert-OH is 2. The van der Waals surface area contributed by atoms with Gasteiger partial charge in [0.05, 0.1) is 17.9 Å². The Hall–Kier alpha value is -1.70. The number of β-amino-alcohol motifs (C(OH)–C–C–N with tert-alkyl or cyclic N) is 1. The van der Waals surface area contributed by atoms with E-state index in [4.69, 9.17) is 5.11 Å². The first-order valence-corrected chi connectivity index (χ1v) is 6.24. The number of H-pyrrole nitrogens is 2. The summed E-state index contributed by atoms with van der Waals surface area (Å²) in [6.07, 6.45) is 2.66. The summed E-state index contributed by atoms with van der Waals surface area (Å²) >= 11 is 0. The van der Waals surface area contributed by atoms with Crippen molar-refractivity contribution in [3.63, 3.8) is 0 Å². The van der Waals surface area contributed by atoms with E-state index in [9.17, 15) is 9.90 Å². The predicted molar refractivity (Wildman–Crippen MR) is 68.6 cm³/mol. The van der Waals surface area contributed by atoms with E-state index in [1.54, 1.807) is 6.20 Å². The van der Waals surface area contributed by atoms with Gasteiger partial charge in [-0.3, -0.25) is 9.69 Å². The number of hydrogen-bond acceptors (Lipinski definition) is 5. The van der Waals surface area contributed by atoms with Gasteiger partial charge in [-0.05, 0) is 0 Å². The van der Waals surface area contributed by atoms with Crippen molar-refractivity contribution in [3.05, 3.63) is 28.4 Å². The molecule has 1 saturated heterocycles. The summed E-state index contributed by atoms with van der Waals surface area (Å²) in [5.41, 5.74) is 1.86. The van der Waals surface area contributed by atoms with E-state index in [1.165, 1.54) is 6.33 Å². The largest absolute Gasteiger partial charge is 0.396 e. The Labute approximate surface area is 108 Å². The summed E-state index contributed by atoms with van der Waals surface area (Å²) in [6.45, 7) is 1.77. The highest BCUT2D eigenvalue weighted by Gasteiger charge is 2.30. The molecule has 7 heteroatoms. The Kier molecular flexibility index (Phi) is 3.09. The molecule has 0 amide bonds. The minimum Gasteiger partial charge on any atom is -0.396 e. The first-order valence-electron chi connectivity index (χ1n) is 6.24. The number of likely N-dealkylation sites (tertiary alicyclic amines) is 1. The lowest BCUT2D eigenvalue weighted by atomic mass is 10.1. The van der Waals surface area contributed by atoms with Gasteiger partial charge in [0.2, 0.25) is 0 Å². The third kappa shape index (κ3) is 2.16. The zero-order valence-corrected chi connectivity index (χ0v) is 10.3. The zero-order valence-electron chi connectivity index (χ0n) is 10.3. The number of aromatic nitrogens is 3. The van der Waals surface area contributed by atoms with Gasteiger partial charge < -0.3 is 20.2 Å². The summed E-state index contributed by atoms with van der Waals surface area (Å²) in [6, 6.07) is 0. The van der Waals surface area contributed by atoms with E-state index >= 15 is 0 Å². The van der Waals surface area contributed by atoms with Crippen LogP contribution in [0.2, 0.25) is 0 Å². The molecule has 0 unspecified atom stereocenters. The number of fused-ring (bicyclic) bond motifs is 1. The molecule has 0 bridgehead atoms. The van der Waals surface area contributed by atoms with Crippen LogP contribution in [0.5, 0.6) is 0 Å². The summed E-state index contributed by atoms with van der Waals surface area (Å²) in [7, 11) is 0. The van der Waals surface area contributed by atoms with Gasteiger partial charge in [0.15, 0.2) is 0 Å². The lowest BCUT2D eigenvalue weighted by Gasteiger charge is -2.13. The highest BCUT2D eigenvalue weighted by molar-refractivity contribution is 5.77. The first-order chi connectivity index (χ1) is 9.19. The molecular weight excluding hydrogens is 250 g/mol. The molecular formula is C12H16N4O3. The topological polar surface area (TPSA) is 105 Å². The van der Waals surface area contributed by atoms with Crippen LogP contribution >= 0.6 is 0 Å². The standard InChI is InChI=1S/C12H16N4O3/c17-5-8-3-16(4-9(8)18)2-7-1-13-11-10(7)14-6-15-12(11)19/h1,6,8-9,13,17-18H,2-5H2,(H,14,15,19)/t8-,9+/m1/s1/i2+2. The molecule has 2 aromatic rings. The molecule has 4 N–H and O–H groups in total. The van der Waals surface area contributed by atoms with Gasteiger partial charge in [0.1, 0.15) is 5.52 Å². The summed E-state index contributed by atoms with van der Waals surface area (Å²) < 4.78 is 0. The molecule has 19 heavy (non-hydrogen) atoms. The van der Waals surface area contributed by atoms with E-state index in [2.05, 4.69) is 19.9 Å². The van der Waals surface area contributed by atoms with Crippen molar-refractivity contribution >= 4 is 11.0 Å². The van der Waals surface area contributed by atoms with Crippen molar-refractivity contribution in [2.24, 2.45) is 5.92 Å². The molecule has 1 fully saturated rings. The van der Waals surface area contributed by atoms with Crippen molar-refractivity contribution in [3.8, 4) is 0 Å². The number of aliphatic hydroxyl groups is 2. The molecule has 1 aliphatic heterocycles. The highest BCUT2D eigenvalue weighted by Crippen LogP contribution is 2.21. The van der Waals surface area contributed by atoms with E-state index in [-0.39, 0.29) is 18.1 Å². The van der Waals surface area contributed by atoms with Gasteiger partial charge in [-0.15, -0.1) is 0 Å². The fraction of sp³-hybridized carbons (Fsp3) is 0.500. The van der Waals surface area contributed by atoms with Crippen molar-refractivity contribution in [2.75, 3.05) is 19.7 Å². The number of nitrogens with zero attached hydrogens (tertiary/aromatic N) is 2. The summed E-state index contributed by atoms with van der Waals surface area (Å²) in [4.78, 5) is 23.2. The summed E-state index contributed by atoms with van der Waals surface area (Å²) in [5.74, 6) is -0.0958. The second-order valence-corrected chi connectivity index (χ2v) is 4.97. The van der Waals surface area contributed by atoms with Gasteiger partial charge in [0.25, 0.3) is 5.56 Å². The van der Waals surface area contributed by atoms with Gasteiger partial charge in [-0.25, -0.2) is 4.98 Å². The molecule has 0 aromatic carbocycles. The molecule has 102 valence electrons. The van der Waals surface area contributed by atoms with Gasteiger partial charge >= 0.3 is 0 Å². The van der Waals surface area contributed by atoms with Crippen molar-refractivity contribution in [1.82, 2.24) is 19.9 Å². The van der Waals surface area contributed by atoms with E-state index < -0.39 is 6.10 Å². The smallest absolute Gasteiger partial charge is 0.275 e. The molecule has 3 heterocycles. The lowest BCUT2D eigenvalue weighted by molar-refractivity contribution is 0.103. The minimum absolute atomic E-state index is 0.0104. The van der Waals surface area contributed by atoms with Crippen LogP contribution in [0, 0.1) is 5.92 Å². The maximum atomic E-state index is 11.6.